The number of hydrogen-bond donors (Lipinski definition) is 1. The lowest BCUT2D eigenvalue weighted by atomic mass is 10.1. The summed E-state index contributed by atoms with van der Waals surface area (Å²) in [6, 6.07) is 14.6. The Morgan fingerprint density at radius 1 is 1.14 bits per heavy atom. The average molecular weight is 365 g/mol. The summed E-state index contributed by atoms with van der Waals surface area (Å²) in [5, 5.41) is 4.60. The Morgan fingerprint density at radius 2 is 1.90 bits per heavy atom. The normalized spacial score (nSPS) is 12.3. The van der Waals surface area contributed by atoms with Crippen molar-refractivity contribution in [3.05, 3.63) is 69.5 Å². The minimum Gasteiger partial charge on any atom is -0.337 e. The van der Waals surface area contributed by atoms with Gasteiger partial charge in [-0.05, 0) is 39.7 Å². The van der Waals surface area contributed by atoms with Crippen molar-refractivity contribution in [2.24, 2.45) is 5.73 Å². The smallest absolute Gasteiger partial charge is 0.248 e. The molecule has 0 saturated heterocycles. The lowest BCUT2D eigenvalue weighted by Crippen LogP contribution is -2.11. The molecule has 2 N–H and O–H groups in total. The minimum absolute atomic E-state index is 0.377. The monoisotopic (exact) mass is 363 g/mol. The summed E-state index contributed by atoms with van der Waals surface area (Å²) in [5.74, 6) is 0.857. The summed E-state index contributed by atoms with van der Waals surface area (Å²) < 4.78 is 6.05. The molecule has 0 spiro atoms. The Bertz CT molecular complexity index is 761. The maximum atomic E-state index is 6.14. The van der Waals surface area contributed by atoms with E-state index in [-0.39, 0.29) is 0 Å². The Kier molecular flexibility index (Phi) is 4.05. The summed E-state index contributed by atoms with van der Waals surface area (Å²) in [4.78, 5) is 4.36. The van der Waals surface area contributed by atoms with Gasteiger partial charge in [0, 0.05) is 10.0 Å². The van der Waals surface area contributed by atoms with Crippen LogP contribution in [0.2, 0.25) is 5.02 Å². The average Bonchev–Trinajstić information content (AvgIpc) is 3.00. The molecule has 21 heavy (non-hydrogen) atoms. The van der Waals surface area contributed by atoms with Crippen LogP contribution in [0.1, 0.15) is 17.5 Å². The van der Waals surface area contributed by atoms with E-state index in [9.17, 15) is 0 Å². The molecule has 0 aliphatic rings. The zero-order valence-corrected chi connectivity index (χ0v) is 13.2. The first kappa shape index (κ1) is 14.3. The van der Waals surface area contributed by atoms with E-state index >= 15 is 0 Å². The van der Waals surface area contributed by atoms with Gasteiger partial charge >= 0.3 is 0 Å². The predicted octanol–water partition coefficient (Wildman–Crippen LogP) is 4.20. The third-order valence-corrected chi connectivity index (χ3v) is 4.26. The van der Waals surface area contributed by atoms with E-state index in [4.69, 9.17) is 21.9 Å². The highest BCUT2D eigenvalue weighted by atomic mass is 79.9. The van der Waals surface area contributed by atoms with Gasteiger partial charge in [0.2, 0.25) is 11.7 Å². The lowest BCUT2D eigenvalue weighted by molar-refractivity contribution is 0.367. The number of benzene rings is 2. The Morgan fingerprint density at radius 3 is 2.62 bits per heavy atom. The SMILES string of the molecule is NC(c1ccccc1)c1nc(-c2ccc(Cl)c(Br)c2)no1. The molecule has 0 fully saturated rings. The standard InChI is InChI=1S/C15H11BrClN3O/c16-11-8-10(6-7-12(11)17)14-19-15(21-20-14)13(18)9-4-2-1-3-5-9/h1-8,13H,18H2. The van der Waals surface area contributed by atoms with Gasteiger partial charge in [0.1, 0.15) is 6.04 Å². The van der Waals surface area contributed by atoms with Crippen molar-refractivity contribution in [1.82, 2.24) is 10.1 Å². The van der Waals surface area contributed by atoms with Crippen LogP contribution >= 0.6 is 27.5 Å². The third kappa shape index (κ3) is 3.00. The number of halogens is 2. The van der Waals surface area contributed by atoms with Crippen LogP contribution in [0, 0.1) is 0 Å². The quantitative estimate of drug-likeness (QED) is 0.756. The summed E-state index contributed by atoms with van der Waals surface area (Å²) in [7, 11) is 0. The fourth-order valence-corrected chi connectivity index (χ4v) is 2.41. The zero-order valence-electron chi connectivity index (χ0n) is 10.8. The summed E-state index contributed by atoms with van der Waals surface area (Å²) in [5.41, 5.74) is 7.86. The predicted molar refractivity (Wildman–Crippen MR) is 84.9 cm³/mol. The topological polar surface area (TPSA) is 64.9 Å². The highest BCUT2D eigenvalue weighted by Gasteiger charge is 2.17. The van der Waals surface area contributed by atoms with Crippen LogP contribution in [-0.4, -0.2) is 10.1 Å². The number of nitrogens with zero attached hydrogens (tertiary/aromatic N) is 2. The number of nitrogens with two attached hydrogens (primary N) is 1. The van der Waals surface area contributed by atoms with Crippen LogP contribution in [0.4, 0.5) is 0 Å². The van der Waals surface area contributed by atoms with E-state index in [1.807, 2.05) is 42.5 Å². The molecule has 0 aliphatic heterocycles. The molecule has 0 saturated carbocycles. The van der Waals surface area contributed by atoms with Crippen LogP contribution in [0.25, 0.3) is 11.4 Å². The minimum atomic E-state index is -0.441. The summed E-state index contributed by atoms with van der Waals surface area (Å²) in [6.45, 7) is 0. The van der Waals surface area contributed by atoms with Gasteiger partial charge in [-0.25, -0.2) is 0 Å². The molecule has 4 nitrogen and oxygen atoms in total. The fourth-order valence-electron chi connectivity index (χ4n) is 1.92. The molecular weight excluding hydrogens is 354 g/mol. The van der Waals surface area contributed by atoms with Crippen molar-refractivity contribution >= 4 is 27.5 Å². The lowest BCUT2D eigenvalue weighted by Gasteiger charge is -2.05. The van der Waals surface area contributed by atoms with Crippen molar-refractivity contribution < 1.29 is 4.52 Å². The molecule has 1 aromatic heterocycles. The molecule has 0 radical (unpaired) electrons. The van der Waals surface area contributed by atoms with Crippen molar-refractivity contribution in [3.8, 4) is 11.4 Å². The van der Waals surface area contributed by atoms with Gasteiger partial charge in [0.25, 0.3) is 0 Å². The molecular formula is C15H11BrClN3O. The van der Waals surface area contributed by atoms with E-state index in [0.29, 0.717) is 16.7 Å². The second-order valence-corrected chi connectivity index (χ2v) is 5.74. The molecule has 1 atom stereocenters. The first-order valence-electron chi connectivity index (χ1n) is 6.24. The third-order valence-electron chi connectivity index (χ3n) is 3.04. The molecule has 0 amide bonds. The highest BCUT2D eigenvalue weighted by Crippen LogP contribution is 2.28. The zero-order chi connectivity index (χ0) is 14.8. The van der Waals surface area contributed by atoms with Gasteiger partial charge in [0.15, 0.2) is 0 Å². The molecule has 0 aliphatic carbocycles. The molecule has 1 heterocycles. The Balaban J connectivity index is 1.91. The van der Waals surface area contributed by atoms with Crippen molar-refractivity contribution in [2.75, 3.05) is 0 Å². The summed E-state index contributed by atoms with van der Waals surface area (Å²) >= 11 is 9.35. The van der Waals surface area contributed by atoms with Gasteiger partial charge in [-0.2, -0.15) is 4.98 Å². The van der Waals surface area contributed by atoms with Crippen LogP contribution in [0.15, 0.2) is 57.5 Å². The first-order chi connectivity index (χ1) is 10.1. The second-order valence-electron chi connectivity index (χ2n) is 4.47. The van der Waals surface area contributed by atoms with Crippen LogP contribution in [0.5, 0.6) is 0 Å². The van der Waals surface area contributed by atoms with Crippen LogP contribution in [0.3, 0.4) is 0 Å². The fraction of sp³-hybridized carbons (Fsp3) is 0.0667. The van der Waals surface area contributed by atoms with Crippen molar-refractivity contribution in [2.45, 2.75) is 6.04 Å². The number of aromatic nitrogens is 2. The van der Waals surface area contributed by atoms with Gasteiger partial charge in [-0.3, -0.25) is 0 Å². The molecule has 0 bridgehead atoms. The molecule has 6 heteroatoms. The van der Waals surface area contributed by atoms with Gasteiger partial charge in [-0.1, -0.05) is 47.1 Å². The number of hydrogen-bond acceptors (Lipinski definition) is 4. The molecule has 3 aromatic rings. The maximum Gasteiger partial charge on any atom is 0.248 e. The Labute approximate surface area is 135 Å². The number of rotatable bonds is 3. The van der Waals surface area contributed by atoms with Gasteiger partial charge in [-0.15, -0.1) is 0 Å². The molecule has 2 aromatic carbocycles. The van der Waals surface area contributed by atoms with Crippen molar-refractivity contribution in [3.63, 3.8) is 0 Å². The molecule has 1 unspecified atom stereocenters. The van der Waals surface area contributed by atoms with E-state index in [1.165, 1.54) is 0 Å². The van der Waals surface area contributed by atoms with Crippen molar-refractivity contribution in [1.29, 1.82) is 0 Å². The van der Waals surface area contributed by atoms with E-state index in [0.717, 1.165) is 15.6 Å². The first-order valence-corrected chi connectivity index (χ1v) is 7.42. The van der Waals surface area contributed by atoms with Crippen LogP contribution < -0.4 is 5.73 Å². The highest BCUT2D eigenvalue weighted by molar-refractivity contribution is 9.10. The second kappa shape index (κ2) is 5.97. The van der Waals surface area contributed by atoms with Gasteiger partial charge in [0.05, 0.1) is 5.02 Å². The Hall–Kier alpha value is -1.69. The molecule has 3 rings (SSSR count). The summed E-state index contributed by atoms with van der Waals surface area (Å²) in [6.07, 6.45) is 0. The van der Waals surface area contributed by atoms with E-state index in [1.54, 1.807) is 6.07 Å². The van der Waals surface area contributed by atoms with Crippen LogP contribution in [-0.2, 0) is 0 Å². The van der Waals surface area contributed by atoms with E-state index in [2.05, 4.69) is 26.1 Å². The van der Waals surface area contributed by atoms with E-state index < -0.39 is 6.04 Å². The molecule has 106 valence electrons. The van der Waals surface area contributed by atoms with Gasteiger partial charge < -0.3 is 10.3 Å². The largest absolute Gasteiger partial charge is 0.337 e. The maximum absolute atomic E-state index is 6.14.